The number of methoxy groups -OCH3 is 1. The second-order valence-electron chi connectivity index (χ2n) is 10.3. The number of nitrogens with one attached hydrogen (secondary N) is 1. The second-order valence-corrected chi connectivity index (χ2v) is 12.1. The van der Waals surface area contributed by atoms with Crippen molar-refractivity contribution in [1.82, 2.24) is 10.2 Å². The molecule has 1 atom stereocenters. The number of carbonyl (C=O) groups excluding carboxylic acids is 2. The normalized spacial score (nSPS) is 14.2. The summed E-state index contributed by atoms with van der Waals surface area (Å²) in [5.41, 5.74) is 0.983. The molecular formula is C32H39N3O6S. The van der Waals surface area contributed by atoms with Crippen molar-refractivity contribution in [2.24, 2.45) is 0 Å². The van der Waals surface area contributed by atoms with Gasteiger partial charge < -0.3 is 19.7 Å². The van der Waals surface area contributed by atoms with Gasteiger partial charge >= 0.3 is 0 Å². The molecule has 3 aromatic carbocycles. The average molecular weight is 594 g/mol. The molecular weight excluding hydrogens is 554 g/mol. The van der Waals surface area contributed by atoms with E-state index in [2.05, 4.69) is 5.32 Å². The molecule has 4 rings (SSSR count). The van der Waals surface area contributed by atoms with Crippen LogP contribution in [0.2, 0.25) is 0 Å². The molecule has 1 unspecified atom stereocenters. The van der Waals surface area contributed by atoms with Crippen molar-refractivity contribution >= 4 is 27.5 Å². The van der Waals surface area contributed by atoms with Crippen LogP contribution in [0.3, 0.4) is 0 Å². The van der Waals surface area contributed by atoms with Crippen molar-refractivity contribution in [3.63, 3.8) is 0 Å². The maximum Gasteiger partial charge on any atom is 0.264 e. The first kappa shape index (κ1) is 30.9. The Kier molecular flexibility index (Phi) is 10.5. The number of sulfonamides is 1. The highest BCUT2D eigenvalue weighted by molar-refractivity contribution is 7.92. The highest BCUT2D eigenvalue weighted by atomic mass is 32.2. The summed E-state index contributed by atoms with van der Waals surface area (Å²) in [5, 5.41) is 3.08. The highest BCUT2D eigenvalue weighted by Gasteiger charge is 2.34. The molecule has 0 heterocycles. The Hall–Kier alpha value is -4.05. The van der Waals surface area contributed by atoms with Crippen molar-refractivity contribution in [2.75, 3.05) is 24.6 Å². The van der Waals surface area contributed by atoms with E-state index >= 15 is 0 Å². The van der Waals surface area contributed by atoms with E-state index in [9.17, 15) is 18.0 Å². The average Bonchev–Trinajstić information content (AvgIpc) is 3.52. The summed E-state index contributed by atoms with van der Waals surface area (Å²) in [6.45, 7) is 3.34. The van der Waals surface area contributed by atoms with Gasteiger partial charge in [-0.2, -0.15) is 0 Å². The standard InChI is InChI=1S/C32H39N3O6S/c1-4-41-30-20-11-10-19-29(30)35(42(38,39)28-17-6-5-7-18-28)23-31(36)34(22-25-13-12-16-27(21-25)40-3)24(2)32(37)33-26-14-8-9-15-26/h5-7,10-13,16-21,24,26H,4,8-9,14-15,22-23H2,1-3H3,(H,33,37). The highest BCUT2D eigenvalue weighted by Crippen LogP contribution is 2.33. The Balaban J connectivity index is 1.72. The first-order chi connectivity index (χ1) is 20.2. The molecule has 2 amide bonds. The van der Waals surface area contributed by atoms with Crippen LogP contribution in [0.25, 0.3) is 0 Å². The number of carbonyl (C=O) groups is 2. The number of hydrogen-bond acceptors (Lipinski definition) is 6. The molecule has 1 aliphatic carbocycles. The number of para-hydroxylation sites is 2. The smallest absolute Gasteiger partial charge is 0.264 e. The number of nitrogens with zero attached hydrogens (tertiary/aromatic N) is 2. The Bertz CT molecular complexity index is 1460. The third-order valence-electron chi connectivity index (χ3n) is 7.40. The van der Waals surface area contributed by atoms with Crippen molar-refractivity contribution in [3.05, 3.63) is 84.4 Å². The van der Waals surface area contributed by atoms with Gasteiger partial charge in [-0.05, 0) is 68.7 Å². The molecule has 1 saturated carbocycles. The topological polar surface area (TPSA) is 105 Å². The molecule has 42 heavy (non-hydrogen) atoms. The molecule has 1 fully saturated rings. The predicted molar refractivity (Wildman–Crippen MR) is 162 cm³/mol. The van der Waals surface area contributed by atoms with Crippen LogP contribution < -0.4 is 19.1 Å². The summed E-state index contributed by atoms with van der Waals surface area (Å²) in [4.78, 5) is 29.0. The summed E-state index contributed by atoms with van der Waals surface area (Å²) in [7, 11) is -2.63. The van der Waals surface area contributed by atoms with E-state index in [4.69, 9.17) is 9.47 Å². The Morgan fingerprint density at radius 1 is 0.976 bits per heavy atom. The van der Waals surface area contributed by atoms with E-state index in [1.807, 2.05) is 12.1 Å². The molecule has 9 nitrogen and oxygen atoms in total. The van der Waals surface area contributed by atoms with Crippen LogP contribution in [0.15, 0.2) is 83.8 Å². The Morgan fingerprint density at radius 3 is 2.36 bits per heavy atom. The number of ether oxygens (including phenoxy) is 2. The summed E-state index contributed by atoms with van der Waals surface area (Å²) >= 11 is 0. The molecule has 3 aromatic rings. The lowest BCUT2D eigenvalue weighted by Crippen LogP contribution is -2.52. The Morgan fingerprint density at radius 2 is 1.67 bits per heavy atom. The van der Waals surface area contributed by atoms with E-state index < -0.39 is 28.5 Å². The fraction of sp³-hybridized carbons (Fsp3) is 0.375. The van der Waals surface area contributed by atoms with E-state index in [1.54, 1.807) is 75.6 Å². The van der Waals surface area contributed by atoms with Crippen LogP contribution in [0.5, 0.6) is 11.5 Å². The van der Waals surface area contributed by atoms with Crippen LogP contribution in [0.1, 0.15) is 45.1 Å². The largest absolute Gasteiger partial charge is 0.497 e. The zero-order chi connectivity index (χ0) is 30.1. The maximum atomic E-state index is 14.2. The zero-order valence-electron chi connectivity index (χ0n) is 24.4. The lowest BCUT2D eigenvalue weighted by molar-refractivity contribution is -0.139. The van der Waals surface area contributed by atoms with Gasteiger partial charge in [0.05, 0.1) is 24.3 Å². The first-order valence-electron chi connectivity index (χ1n) is 14.3. The van der Waals surface area contributed by atoms with Crippen LogP contribution in [-0.2, 0) is 26.2 Å². The summed E-state index contributed by atoms with van der Waals surface area (Å²) in [5.74, 6) is 0.142. The van der Waals surface area contributed by atoms with Gasteiger partial charge in [0.15, 0.2) is 0 Å². The molecule has 0 aliphatic heterocycles. The molecule has 0 aromatic heterocycles. The zero-order valence-corrected chi connectivity index (χ0v) is 25.2. The second kappa shape index (κ2) is 14.2. The van der Waals surface area contributed by atoms with Crippen LogP contribution in [-0.4, -0.2) is 57.5 Å². The molecule has 0 radical (unpaired) electrons. The van der Waals surface area contributed by atoms with Crippen molar-refractivity contribution in [1.29, 1.82) is 0 Å². The van der Waals surface area contributed by atoms with Gasteiger partial charge in [-0.15, -0.1) is 0 Å². The fourth-order valence-electron chi connectivity index (χ4n) is 5.12. The van der Waals surface area contributed by atoms with Gasteiger partial charge in [-0.25, -0.2) is 8.42 Å². The van der Waals surface area contributed by atoms with Gasteiger partial charge in [0, 0.05) is 12.6 Å². The van der Waals surface area contributed by atoms with Crippen molar-refractivity contribution < 1.29 is 27.5 Å². The summed E-state index contributed by atoms with van der Waals surface area (Å²) < 4.78 is 40.2. The van der Waals surface area contributed by atoms with Gasteiger partial charge in [-0.1, -0.05) is 55.3 Å². The third kappa shape index (κ3) is 7.42. The van der Waals surface area contributed by atoms with E-state index in [0.717, 1.165) is 35.6 Å². The molecule has 0 bridgehead atoms. The quantitative estimate of drug-likeness (QED) is 0.306. The van der Waals surface area contributed by atoms with Crippen LogP contribution in [0.4, 0.5) is 5.69 Å². The maximum absolute atomic E-state index is 14.2. The third-order valence-corrected chi connectivity index (χ3v) is 9.17. The van der Waals surface area contributed by atoms with E-state index in [1.165, 1.54) is 17.0 Å². The van der Waals surface area contributed by atoms with E-state index in [0.29, 0.717) is 18.1 Å². The fourth-order valence-corrected chi connectivity index (χ4v) is 6.56. The monoisotopic (exact) mass is 593 g/mol. The van der Waals surface area contributed by atoms with Crippen molar-refractivity contribution in [2.45, 2.75) is 63.1 Å². The number of anilines is 1. The number of rotatable bonds is 13. The molecule has 1 N–H and O–H groups in total. The summed E-state index contributed by atoms with van der Waals surface area (Å²) in [6.07, 6.45) is 3.91. The van der Waals surface area contributed by atoms with E-state index in [-0.39, 0.29) is 29.1 Å². The van der Waals surface area contributed by atoms with Gasteiger partial charge in [0.25, 0.3) is 10.0 Å². The first-order valence-corrected chi connectivity index (χ1v) is 15.7. The summed E-state index contributed by atoms with van der Waals surface area (Å²) in [6, 6.07) is 21.1. The van der Waals surface area contributed by atoms with Crippen molar-refractivity contribution in [3.8, 4) is 11.5 Å². The minimum atomic E-state index is -4.19. The molecule has 224 valence electrons. The predicted octanol–water partition coefficient (Wildman–Crippen LogP) is 4.77. The molecule has 1 aliphatic rings. The minimum absolute atomic E-state index is 0.0375. The number of benzene rings is 3. The van der Waals surface area contributed by atoms with Gasteiger partial charge in [0.2, 0.25) is 11.8 Å². The van der Waals surface area contributed by atoms with Crippen LogP contribution >= 0.6 is 0 Å². The van der Waals surface area contributed by atoms with Gasteiger partial charge in [-0.3, -0.25) is 13.9 Å². The number of amides is 2. The lowest BCUT2D eigenvalue weighted by atomic mass is 10.1. The van der Waals surface area contributed by atoms with Gasteiger partial charge in [0.1, 0.15) is 24.1 Å². The molecule has 10 heteroatoms. The Labute approximate surface area is 248 Å². The SMILES string of the molecule is CCOc1ccccc1N(CC(=O)N(Cc1cccc(OC)c1)C(C)C(=O)NC1CCCC1)S(=O)(=O)c1ccccc1. The lowest BCUT2D eigenvalue weighted by Gasteiger charge is -2.33. The molecule has 0 saturated heterocycles. The molecule has 0 spiro atoms. The number of hydrogen-bond donors (Lipinski definition) is 1. The minimum Gasteiger partial charge on any atom is -0.497 e. The van der Waals surface area contributed by atoms with Crippen LogP contribution in [0, 0.1) is 0 Å².